The van der Waals surface area contributed by atoms with Gasteiger partial charge in [-0.15, -0.1) is 0 Å². The van der Waals surface area contributed by atoms with E-state index in [1.165, 1.54) is 12.1 Å². The van der Waals surface area contributed by atoms with Crippen molar-refractivity contribution >= 4 is 17.3 Å². The molecule has 0 unspecified atom stereocenters. The lowest BCUT2D eigenvalue weighted by Gasteiger charge is -2.07. The Morgan fingerprint density at radius 2 is 1.76 bits per heavy atom. The number of aromatic carboxylic acids is 1. The Bertz CT molecular complexity index is 540. The Labute approximate surface area is 97.5 Å². The fourth-order valence-electron chi connectivity index (χ4n) is 1.47. The molecule has 0 atom stereocenters. The van der Waals surface area contributed by atoms with Crippen molar-refractivity contribution in [3.63, 3.8) is 0 Å². The first-order chi connectivity index (χ1) is 8.15. The number of halogens is 1. The molecule has 2 rings (SSSR count). The SMILES string of the molecule is O=C(O)c1cc(F)cc(Nc2ccccc2)c1. The maximum absolute atomic E-state index is 13.2. The highest BCUT2D eigenvalue weighted by molar-refractivity contribution is 5.89. The van der Waals surface area contributed by atoms with Crippen LogP contribution in [0.1, 0.15) is 10.4 Å². The van der Waals surface area contributed by atoms with Gasteiger partial charge in [0, 0.05) is 11.4 Å². The molecule has 0 spiro atoms. The first-order valence-electron chi connectivity index (χ1n) is 5.01. The summed E-state index contributed by atoms with van der Waals surface area (Å²) in [6, 6.07) is 12.8. The van der Waals surface area contributed by atoms with Gasteiger partial charge in [-0.3, -0.25) is 0 Å². The van der Waals surface area contributed by atoms with Crippen molar-refractivity contribution in [3.05, 3.63) is 59.9 Å². The first-order valence-corrected chi connectivity index (χ1v) is 5.01. The Morgan fingerprint density at radius 1 is 1.06 bits per heavy atom. The average Bonchev–Trinajstić information content (AvgIpc) is 2.29. The fourth-order valence-corrected chi connectivity index (χ4v) is 1.47. The second-order valence-corrected chi connectivity index (χ2v) is 3.52. The van der Waals surface area contributed by atoms with Crippen LogP contribution in [0.3, 0.4) is 0 Å². The molecule has 2 aromatic carbocycles. The number of hydrogen-bond acceptors (Lipinski definition) is 2. The van der Waals surface area contributed by atoms with Gasteiger partial charge in [0.2, 0.25) is 0 Å². The van der Waals surface area contributed by atoms with Gasteiger partial charge < -0.3 is 10.4 Å². The van der Waals surface area contributed by atoms with E-state index in [1.54, 1.807) is 0 Å². The molecule has 2 aromatic rings. The molecule has 0 fully saturated rings. The summed E-state index contributed by atoms with van der Waals surface area (Å²) in [6.07, 6.45) is 0. The summed E-state index contributed by atoms with van der Waals surface area (Å²) in [5, 5.41) is 11.7. The number of rotatable bonds is 3. The molecule has 4 heteroatoms. The van der Waals surface area contributed by atoms with Crippen LogP contribution in [-0.4, -0.2) is 11.1 Å². The predicted molar refractivity (Wildman–Crippen MR) is 63.1 cm³/mol. The monoisotopic (exact) mass is 231 g/mol. The van der Waals surface area contributed by atoms with Gasteiger partial charge in [-0.2, -0.15) is 0 Å². The molecule has 0 bridgehead atoms. The Balaban J connectivity index is 2.30. The third-order valence-electron chi connectivity index (χ3n) is 2.21. The lowest BCUT2D eigenvalue weighted by atomic mass is 10.2. The average molecular weight is 231 g/mol. The molecule has 0 heterocycles. The van der Waals surface area contributed by atoms with E-state index in [0.717, 1.165) is 11.8 Å². The van der Waals surface area contributed by atoms with Crippen LogP contribution in [0.5, 0.6) is 0 Å². The van der Waals surface area contributed by atoms with Crippen LogP contribution in [0, 0.1) is 5.82 Å². The highest BCUT2D eigenvalue weighted by atomic mass is 19.1. The zero-order valence-electron chi connectivity index (χ0n) is 8.85. The molecule has 0 aliphatic rings. The van der Waals surface area contributed by atoms with E-state index < -0.39 is 11.8 Å². The summed E-state index contributed by atoms with van der Waals surface area (Å²) in [7, 11) is 0. The molecule has 17 heavy (non-hydrogen) atoms. The quantitative estimate of drug-likeness (QED) is 0.852. The summed E-state index contributed by atoms with van der Waals surface area (Å²) in [6.45, 7) is 0. The number of anilines is 2. The van der Waals surface area contributed by atoms with E-state index in [-0.39, 0.29) is 5.56 Å². The number of benzene rings is 2. The van der Waals surface area contributed by atoms with Gasteiger partial charge in [-0.05, 0) is 30.3 Å². The Morgan fingerprint density at radius 3 is 2.41 bits per heavy atom. The van der Waals surface area contributed by atoms with E-state index >= 15 is 0 Å². The van der Waals surface area contributed by atoms with Crippen molar-refractivity contribution in [3.8, 4) is 0 Å². The second-order valence-electron chi connectivity index (χ2n) is 3.52. The van der Waals surface area contributed by atoms with E-state index in [4.69, 9.17) is 5.11 Å². The molecular weight excluding hydrogens is 221 g/mol. The molecule has 3 nitrogen and oxygen atoms in total. The highest BCUT2D eigenvalue weighted by Crippen LogP contribution is 2.19. The zero-order chi connectivity index (χ0) is 12.3. The van der Waals surface area contributed by atoms with Crippen LogP contribution in [-0.2, 0) is 0 Å². The van der Waals surface area contributed by atoms with Crippen molar-refractivity contribution < 1.29 is 14.3 Å². The van der Waals surface area contributed by atoms with Crippen molar-refractivity contribution in [1.82, 2.24) is 0 Å². The van der Waals surface area contributed by atoms with Crippen LogP contribution >= 0.6 is 0 Å². The van der Waals surface area contributed by atoms with Crippen molar-refractivity contribution in [1.29, 1.82) is 0 Å². The van der Waals surface area contributed by atoms with Gasteiger partial charge in [-0.1, -0.05) is 18.2 Å². The van der Waals surface area contributed by atoms with Gasteiger partial charge >= 0.3 is 5.97 Å². The molecule has 2 N–H and O–H groups in total. The molecule has 0 aliphatic carbocycles. The van der Waals surface area contributed by atoms with Crippen molar-refractivity contribution in [2.24, 2.45) is 0 Å². The van der Waals surface area contributed by atoms with Gasteiger partial charge in [-0.25, -0.2) is 9.18 Å². The molecule has 0 radical (unpaired) electrons. The first kappa shape index (κ1) is 11.1. The van der Waals surface area contributed by atoms with Crippen molar-refractivity contribution in [2.45, 2.75) is 0 Å². The molecule has 0 aromatic heterocycles. The molecule has 0 amide bonds. The fraction of sp³-hybridized carbons (Fsp3) is 0. The van der Waals surface area contributed by atoms with E-state index in [1.807, 2.05) is 30.3 Å². The van der Waals surface area contributed by atoms with Gasteiger partial charge in [0.25, 0.3) is 0 Å². The van der Waals surface area contributed by atoms with E-state index in [0.29, 0.717) is 5.69 Å². The minimum atomic E-state index is -1.15. The summed E-state index contributed by atoms with van der Waals surface area (Å²) in [4.78, 5) is 10.8. The Kier molecular flexibility index (Phi) is 3.05. The minimum Gasteiger partial charge on any atom is -0.478 e. The van der Waals surface area contributed by atoms with Crippen LogP contribution in [0.25, 0.3) is 0 Å². The number of nitrogens with one attached hydrogen (secondary N) is 1. The van der Waals surface area contributed by atoms with Gasteiger partial charge in [0.05, 0.1) is 5.56 Å². The van der Waals surface area contributed by atoms with Crippen molar-refractivity contribution in [2.75, 3.05) is 5.32 Å². The second kappa shape index (κ2) is 4.65. The van der Waals surface area contributed by atoms with E-state index in [9.17, 15) is 9.18 Å². The third-order valence-corrected chi connectivity index (χ3v) is 2.21. The lowest BCUT2D eigenvalue weighted by molar-refractivity contribution is 0.0696. The summed E-state index contributed by atoms with van der Waals surface area (Å²) >= 11 is 0. The smallest absolute Gasteiger partial charge is 0.335 e. The van der Waals surface area contributed by atoms with Gasteiger partial charge in [0.15, 0.2) is 0 Å². The van der Waals surface area contributed by atoms with Crippen LogP contribution in [0.2, 0.25) is 0 Å². The van der Waals surface area contributed by atoms with Gasteiger partial charge in [0.1, 0.15) is 5.82 Å². The maximum Gasteiger partial charge on any atom is 0.335 e. The Hall–Kier alpha value is -2.36. The maximum atomic E-state index is 13.2. The third kappa shape index (κ3) is 2.81. The largest absolute Gasteiger partial charge is 0.478 e. The molecule has 0 saturated heterocycles. The molecular formula is C13H10FNO2. The summed E-state index contributed by atoms with van der Waals surface area (Å²) in [5.74, 6) is -1.73. The normalized spacial score (nSPS) is 9.94. The van der Waals surface area contributed by atoms with E-state index in [2.05, 4.69) is 5.32 Å². The molecule has 86 valence electrons. The number of carbonyl (C=O) groups is 1. The number of hydrogen-bond donors (Lipinski definition) is 2. The zero-order valence-corrected chi connectivity index (χ0v) is 8.85. The lowest BCUT2D eigenvalue weighted by Crippen LogP contribution is -1.99. The standard InChI is InChI=1S/C13H10FNO2/c14-10-6-9(13(16)17)7-12(8-10)15-11-4-2-1-3-5-11/h1-8,15H,(H,16,17). The minimum absolute atomic E-state index is 0.0802. The summed E-state index contributed by atoms with van der Waals surface area (Å²) in [5.41, 5.74) is 1.10. The topological polar surface area (TPSA) is 49.3 Å². The van der Waals surface area contributed by atoms with Crippen LogP contribution in [0.4, 0.5) is 15.8 Å². The highest BCUT2D eigenvalue weighted by Gasteiger charge is 2.06. The number of carboxylic acid groups (broad SMARTS) is 1. The van der Waals surface area contributed by atoms with Crippen LogP contribution in [0.15, 0.2) is 48.5 Å². The van der Waals surface area contributed by atoms with Crippen LogP contribution < -0.4 is 5.32 Å². The number of para-hydroxylation sites is 1. The number of carboxylic acids is 1. The summed E-state index contributed by atoms with van der Waals surface area (Å²) < 4.78 is 13.2. The predicted octanol–water partition coefficient (Wildman–Crippen LogP) is 3.27. The molecule has 0 aliphatic heterocycles. The molecule has 0 saturated carbocycles.